The Balaban J connectivity index is 1.83. The number of aromatic nitrogens is 2. The van der Waals surface area contributed by atoms with E-state index in [1.54, 1.807) is 7.05 Å². The van der Waals surface area contributed by atoms with Crippen LogP contribution in [0.4, 0.5) is 0 Å². The lowest BCUT2D eigenvalue weighted by molar-refractivity contribution is 0.287. The van der Waals surface area contributed by atoms with Crippen molar-refractivity contribution in [1.29, 1.82) is 0 Å². The van der Waals surface area contributed by atoms with Crippen LogP contribution in [0.3, 0.4) is 0 Å². The molecular weight excluding hydrogens is 366 g/mol. The van der Waals surface area contributed by atoms with Crippen LogP contribution in [-0.2, 0) is 6.54 Å². The second kappa shape index (κ2) is 12.0. The third kappa shape index (κ3) is 7.00. The fraction of sp³-hybridized carbons (Fsp3) is 0.545. The van der Waals surface area contributed by atoms with Gasteiger partial charge in [0, 0.05) is 32.5 Å². The predicted molar refractivity (Wildman–Crippen MR) is 118 cm³/mol. The highest BCUT2D eigenvalue weighted by Gasteiger charge is 2.12. The summed E-state index contributed by atoms with van der Waals surface area (Å²) in [5.74, 6) is 3.41. The van der Waals surface area contributed by atoms with Gasteiger partial charge in [-0.15, -0.1) is 0 Å². The average Bonchev–Trinajstić information content (AvgIpc) is 3.13. The number of unbranched alkanes of at least 4 members (excludes halogenated alkanes) is 1. The summed E-state index contributed by atoms with van der Waals surface area (Å²) in [5.41, 5.74) is 1.12. The second-order valence-electron chi connectivity index (χ2n) is 6.81. The highest BCUT2D eigenvalue weighted by Crippen LogP contribution is 2.30. The molecule has 0 aliphatic carbocycles. The van der Waals surface area contributed by atoms with Gasteiger partial charge in [-0.25, -0.2) is 4.98 Å². The van der Waals surface area contributed by atoms with Crippen LogP contribution in [0.15, 0.2) is 35.6 Å². The van der Waals surface area contributed by atoms with Gasteiger partial charge in [0.25, 0.3) is 0 Å². The van der Waals surface area contributed by atoms with Crippen LogP contribution in [0.1, 0.15) is 51.0 Å². The fourth-order valence-corrected chi connectivity index (χ4v) is 3.07. The monoisotopic (exact) mass is 401 g/mol. The van der Waals surface area contributed by atoms with Crippen LogP contribution in [0.25, 0.3) is 0 Å². The molecule has 2 N–H and O–H groups in total. The van der Waals surface area contributed by atoms with Crippen LogP contribution in [0, 0.1) is 6.92 Å². The van der Waals surface area contributed by atoms with E-state index < -0.39 is 0 Å². The molecule has 160 valence electrons. The van der Waals surface area contributed by atoms with Gasteiger partial charge in [-0.3, -0.25) is 4.99 Å². The number of rotatable bonds is 11. The standard InChI is InChI=1S/C22H35N5O2/c1-6-28-20-11-10-19(16-21(20)29-7-2)17(3)26-22(23-5)25-12-8-9-14-27-15-13-24-18(27)4/h10-11,13,15-17H,6-9,12,14H2,1-5H3,(H2,23,25,26). The number of imidazole rings is 1. The first kappa shape index (κ1) is 22.6. The molecule has 0 amide bonds. The third-order valence-corrected chi connectivity index (χ3v) is 4.69. The van der Waals surface area contributed by atoms with Crippen LogP contribution in [0.2, 0.25) is 0 Å². The minimum Gasteiger partial charge on any atom is -0.490 e. The van der Waals surface area contributed by atoms with E-state index in [4.69, 9.17) is 9.47 Å². The van der Waals surface area contributed by atoms with E-state index in [2.05, 4.69) is 38.2 Å². The van der Waals surface area contributed by atoms with Crippen molar-refractivity contribution in [3.05, 3.63) is 42.0 Å². The lowest BCUT2D eigenvalue weighted by Crippen LogP contribution is -2.39. The summed E-state index contributed by atoms with van der Waals surface area (Å²) in [6.07, 6.45) is 6.02. The van der Waals surface area contributed by atoms with Gasteiger partial charge in [0.15, 0.2) is 17.5 Å². The van der Waals surface area contributed by atoms with E-state index in [1.807, 2.05) is 45.3 Å². The fourth-order valence-electron chi connectivity index (χ4n) is 3.07. The Bertz CT molecular complexity index is 772. The summed E-state index contributed by atoms with van der Waals surface area (Å²) in [4.78, 5) is 8.60. The molecule has 1 aromatic carbocycles. The Morgan fingerprint density at radius 3 is 2.59 bits per heavy atom. The summed E-state index contributed by atoms with van der Waals surface area (Å²) >= 11 is 0. The van der Waals surface area contributed by atoms with Gasteiger partial charge in [0.05, 0.1) is 19.3 Å². The number of aliphatic imine (C=N–C) groups is 1. The molecule has 0 saturated heterocycles. The van der Waals surface area contributed by atoms with Crippen molar-refractivity contribution in [3.8, 4) is 11.5 Å². The number of guanidine groups is 1. The predicted octanol–water partition coefficient (Wildman–Crippen LogP) is 3.70. The first-order valence-electron chi connectivity index (χ1n) is 10.4. The summed E-state index contributed by atoms with van der Waals surface area (Å²) in [6, 6.07) is 6.15. The largest absolute Gasteiger partial charge is 0.490 e. The van der Waals surface area contributed by atoms with Gasteiger partial charge in [-0.1, -0.05) is 6.07 Å². The first-order valence-corrected chi connectivity index (χ1v) is 10.4. The van der Waals surface area contributed by atoms with Crippen molar-refractivity contribution in [1.82, 2.24) is 20.2 Å². The van der Waals surface area contributed by atoms with E-state index in [0.717, 1.165) is 54.8 Å². The molecule has 1 atom stereocenters. The minimum atomic E-state index is 0.0877. The average molecular weight is 402 g/mol. The lowest BCUT2D eigenvalue weighted by atomic mass is 10.1. The van der Waals surface area contributed by atoms with Crippen LogP contribution < -0.4 is 20.1 Å². The smallest absolute Gasteiger partial charge is 0.191 e. The van der Waals surface area contributed by atoms with Crippen molar-refractivity contribution in [3.63, 3.8) is 0 Å². The normalized spacial score (nSPS) is 12.5. The van der Waals surface area contributed by atoms with Gasteiger partial charge >= 0.3 is 0 Å². The first-order chi connectivity index (χ1) is 14.1. The molecule has 1 aromatic heterocycles. The number of benzene rings is 1. The molecule has 7 nitrogen and oxygen atoms in total. The zero-order valence-corrected chi connectivity index (χ0v) is 18.4. The van der Waals surface area contributed by atoms with Crippen molar-refractivity contribution in [2.75, 3.05) is 26.8 Å². The maximum absolute atomic E-state index is 5.74. The third-order valence-electron chi connectivity index (χ3n) is 4.69. The van der Waals surface area contributed by atoms with Crippen molar-refractivity contribution >= 4 is 5.96 Å². The maximum Gasteiger partial charge on any atom is 0.191 e. The van der Waals surface area contributed by atoms with Crippen LogP contribution in [-0.4, -0.2) is 42.3 Å². The Kier molecular flexibility index (Phi) is 9.34. The van der Waals surface area contributed by atoms with E-state index in [-0.39, 0.29) is 6.04 Å². The molecular formula is C22H35N5O2. The van der Waals surface area contributed by atoms with E-state index in [9.17, 15) is 0 Å². The molecule has 2 aromatic rings. The van der Waals surface area contributed by atoms with Gasteiger partial charge < -0.3 is 24.7 Å². The second-order valence-corrected chi connectivity index (χ2v) is 6.81. The van der Waals surface area contributed by atoms with Crippen LogP contribution >= 0.6 is 0 Å². The van der Waals surface area contributed by atoms with Crippen molar-refractivity contribution < 1.29 is 9.47 Å². The van der Waals surface area contributed by atoms with Gasteiger partial charge in [0.2, 0.25) is 0 Å². The minimum absolute atomic E-state index is 0.0877. The SMILES string of the molecule is CCOc1ccc(C(C)NC(=NC)NCCCCn2ccnc2C)cc1OCC. The van der Waals surface area contributed by atoms with E-state index in [0.29, 0.717) is 13.2 Å². The molecule has 0 aliphatic rings. The molecule has 0 spiro atoms. The van der Waals surface area contributed by atoms with Crippen molar-refractivity contribution in [2.45, 2.75) is 53.1 Å². The molecule has 0 radical (unpaired) electrons. The molecule has 2 rings (SSSR count). The quantitative estimate of drug-likeness (QED) is 0.341. The van der Waals surface area contributed by atoms with Crippen LogP contribution in [0.5, 0.6) is 11.5 Å². The zero-order chi connectivity index (χ0) is 21.1. The lowest BCUT2D eigenvalue weighted by Gasteiger charge is -2.20. The molecule has 0 bridgehead atoms. The van der Waals surface area contributed by atoms with Gasteiger partial charge in [0.1, 0.15) is 5.82 Å². The molecule has 0 saturated carbocycles. The highest BCUT2D eigenvalue weighted by molar-refractivity contribution is 5.80. The number of hydrogen-bond donors (Lipinski definition) is 2. The molecule has 1 unspecified atom stereocenters. The number of aryl methyl sites for hydroxylation is 2. The number of nitrogens with one attached hydrogen (secondary N) is 2. The number of nitrogens with zero attached hydrogens (tertiary/aromatic N) is 3. The summed E-state index contributed by atoms with van der Waals surface area (Å²) in [5, 5.41) is 6.84. The molecule has 0 fully saturated rings. The Labute approximate surface area is 174 Å². The van der Waals surface area contributed by atoms with E-state index in [1.165, 1.54) is 0 Å². The molecule has 0 aliphatic heterocycles. The highest BCUT2D eigenvalue weighted by atomic mass is 16.5. The van der Waals surface area contributed by atoms with Crippen molar-refractivity contribution in [2.24, 2.45) is 4.99 Å². The Morgan fingerprint density at radius 1 is 1.17 bits per heavy atom. The maximum atomic E-state index is 5.74. The topological polar surface area (TPSA) is 72.7 Å². The zero-order valence-electron chi connectivity index (χ0n) is 18.4. The summed E-state index contributed by atoms with van der Waals surface area (Å²) in [6.45, 7) is 11.2. The van der Waals surface area contributed by atoms with E-state index >= 15 is 0 Å². The number of hydrogen-bond acceptors (Lipinski definition) is 4. The van der Waals surface area contributed by atoms with Gasteiger partial charge in [-0.05, 0) is 58.2 Å². The Morgan fingerprint density at radius 2 is 1.93 bits per heavy atom. The summed E-state index contributed by atoms with van der Waals surface area (Å²) in [7, 11) is 1.79. The molecule has 7 heteroatoms. The molecule has 1 heterocycles. The number of ether oxygens (including phenoxy) is 2. The molecule has 29 heavy (non-hydrogen) atoms. The summed E-state index contributed by atoms with van der Waals surface area (Å²) < 4.78 is 13.6. The Hall–Kier alpha value is -2.70. The van der Waals surface area contributed by atoms with Gasteiger partial charge in [-0.2, -0.15) is 0 Å².